The van der Waals surface area contributed by atoms with Gasteiger partial charge in [0.05, 0.1) is 5.56 Å². The van der Waals surface area contributed by atoms with Crippen LogP contribution in [0.5, 0.6) is 0 Å². The number of carbonyl (C=O) groups excluding carboxylic acids is 2. The van der Waals surface area contributed by atoms with Gasteiger partial charge in [-0.1, -0.05) is 0 Å². The minimum absolute atomic E-state index is 0.0164. The number of benzene rings is 1. The van der Waals surface area contributed by atoms with E-state index in [4.69, 9.17) is 0 Å². The number of aromatic amines is 1. The highest BCUT2D eigenvalue weighted by molar-refractivity contribution is 7.98. The second kappa shape index (κ2) is 6.91. The predicted octanol–water partition coefficient (Wildman–Crippen LogP) is 2.33. The number of rotatable bonds is 3. The fourth-order valence-corrected chi connectivity index (χ4v) is 3.08. The third-order valence-corrected chi connectivity index (χ3v) is 4.78. The molecule has 1 aliphatic heterocycles. The van der Waals surface area contributed by atoms with Gasteiger partial charge in [-0.05, 0) is 36.6 Å². The second-order valence-corrected chi connectivity index (χ2v) is 6.29. The number of nitrogens with one attached hydrogen (secondary N) is 1. The molecule has 1 aromatic heterocycles. The number of carbonyl (C=O) groups is 2. The van der Waals surface area contributed by atoms with Crippen LogP contribution in [0.15, 0.2) is 47.6 Å². The lowest BCUT2D eigenvalue weighted by Gasteiger charge is -2.34. The first-order valence-electron chi connectivity index (χ1n) is 7.54. The minimum atomic E-state index is 0.0164. The van der Waals surface area contributed by atoms with Gasteiger partial charge in [0.2, 0.25) is 0 Å². The number of nitrogens with zero attached hydrogens (tertiary/aromatic N) is 2. The number of H-pyrrole nitrogens is 1. The van der Waals surface area contributed by atoms with Gasteiger partial charge in [0, 0.05) is 49.0 Å². The predicted molar refractivity (Wildman–Crippen MR) is 90.8 cm³/mol. The van der Waals surface area contributed by atoms with E-state index in [1.54, 1.807) is 35.1 Å². The lowest BCUT2D eigenvalue weighted by Crippen LogP contribution is -2.50. The number of piperazine rings is 1. The maximum atomic E-state index is 12.5. The van der Waals surface area contributed by atoms with E-state index < -0.39 is 0 Å². The number of thioether (sulfide) groups is 1. The smallest absolute Gasteiger partial charge is 0.255 e. The maximum Gasteiger partial charge on any atom is 0.255 e. The largest absolute Gasteiger partial charge is 0.367 e. The number of hydrogen-bond acceptors (Lipinski definition) is 3. The standard InChI is InChI=1S/C17H19N3O2S/c1-23-15-4-2-13(3-5-15)16(21)19-8-10-20(11-9-19)17(22)14-6-7-18-12-14/h2-7,12,18H,8-11H2,1H3. The van der Waals surface area contributed by atoms with E-state index >= 15 is 0 Å². The lowest BCUT2D eigenvalue weighted by molar-refractivity contribution is 0.0535. The molecule has 0 radical (unpaired) electrons. The summed E-state index contributed by atoms with van der Waals surface area (Å²) in [4.78, 5) is 32.4. The monoisotopic (exact) mass is 329 g/mol. The number of amides is 2. The van der Waals surface area contributed by atoms with Crippen LogP contribution in [0.3, 0.4) is 0 Å². The van der Waals surface area contributed by atoms with E-state index in [1.165, 1.54) is 0 Å². The Morgan fingerprint density at radius 2 is 1.48 bits per heavy atom. The van der Waals surface area contributed by atoms with Crippen molar-refractivity contribution >= 4 is 23.6 Å². The van der Waals surface area contributed by atoms with Crippen LogP contribution in [-0.4, -0.2) is 59.0 Å². The van der Waals surface area contributed by atoms with E-state index in [0.717, 1.165) is 4.90 Å². The highest BCUT2D eigenvalue weighted by atomic mass is 32.2. The van der Waals surface area contributed by atoms with Crippen molar-refractivity contribution in [2.24, 2.45) is 0 Å². The molecular formula is C17H19N3O2S. The molecule has 23 heavy (non-hydrogen) atoms. The molecule has 2 aromatic rings. The van der Waals surface area contributed by atoms with Gasteiger partial charge in [0.15, 0.2) is 0 Å². The van der Waals surface area contributed by atoms with Crippen molar-refractivity contribution in [3.8, 4) is 0 Å². The average Bonchev–Trinajstić information content (AvgIpc) is 3.15. The average molecular weight is 329 g/mol. The summed E-state index contributed by atoms with van der Waals surface area (Å²) in [5.41, 5.74) is 1.37. The zero-order valence-electron chi connectivity index (χ0n) is 13.0. The third kappa shape index (κ3) is 3.42. The molecule has 0 spiro atoms. The summed E-state index contributed by atoms with van der Waals surface area (Å²) < 4.78 is 0. The van der Waals surface area contributed by atoms with Gasteiger partial charge in [-0.25, -0.2) is 0 Å². The minimum Gasteiger partial charge on any atom is -0.367 e. The fourth-order valence-electron chi connectivity index (χ4n) is 2.67. The van der Waals surface area contributed by atoms with Gasteiger partial charge < -0.3 is 14.8 Å². The van der Waals surface area contributed by atoms with E-state index in [0.29, 0.717) is 37.3 Å². The van der Waals surface area contributed by atoms with Gasteiger partial charge in [0.25, 0.3) is 11.8 Å². The first-order chi connectivity index (χ1) is 11.2. The van der Waals surface area contributed by atoms with Crippen molar-refractivity contribution in [3.63, 3.8) is 0 Å². The van der Waals surface area contributed by atoms with Gasteiger partial charge in [-0.3, -0.25) is 9.59 Å². The van der Waals surface area contributed by atoms with Crippen LogP contribution in [0.1, 0.15) is 20.7 Å². The molecular weight excluding hydrogens is 310 g/mol. The first kappa shape index (κ1) is 15.7. The van der Waals surface area contributed by atoms with Crippen LogP contribution < -0.4 is 0 Å². The first-order valence-corrected chi connectivity index (χ1v) is 8.77. The highest BCUT2D eigenvalue weighted by Gasteiger charge is 2.25. The van der Waals surface area contributed by atoms with Gasteiger partial charge in [0.1, 0.15) is 0 Å². The molecule has 1 N–H and O–H groups in total. The van der Waals surface area contributed by atoms with Crippen molar-refractivity contribution in [2.75, 3.05) is 32.4 Å². The lowest BCUT2D eigenvalue weighted by atomic mass is 10.1. The summed E-state index contributed by atoms with van der Waals surface area (Å²) in [6, 6.07) is 9.43. The molecule has 0 bridgehead atoms. The Morgan fingerprint density at radius 1 is 0.913 bits per heavy atom. The van der Waals surface area contributed by atoms with Crippen molar-refractivity contribution < 1.29 is 9.59 Å². The summed E-state index contributed by atoms with van der Waals surface area (Å²) in [5.74, 6) is 0.0501. The Morgan fingerprint density at radius 3 is 1.96 bits per heavy atom. The summed E-state index contributed by atoms with van der Waals surface area (Å²) in [6.07, 6.45) is 5.45. The molecule has 2 heterocycles. The molecule has 1 saturated heterocycles. The summed E-state index contributed by atoms with van der Waals surface area (Å²) in [6.45, 7) is 2.27. The molecule has 0 atom stereocenters. The molecule has 0 aliphatic carbocycles. The summed E-state index contributed by atoms with van der Waals surface area (Å²) >= 11 is 1.66. The van der Waals surface area contributed by atoms with E-state index in [2.05, 4.69) is 4.98 Å². The van der Waals surface area contributed by atoms with E-state index in [-0.39, 0.29) is 11.8 Å². The number of aromatic nitrogens is 1. The molecule has 1 fully saturated rings. The normalized spacial score (nSPS) is 14.8. The summed E-state index contributed by atoms with van der Waals surface area (Å²) in [7, 11) is 0. The Bertz CT molecular complexity index is 674. The second-order valence-electron chi connectivity index (χ2n) is 5.41. The van der Waals surface area contributed by atoms with Crippen molar-refractivity contribution in [2.45, 2.75) is 4.90 Å². The van der Waals surface area contributed by atoms with Crippen molar-refractivity contribution in [3.05, 3.63) is 53.9 Å². The van der Waals surface area contributed by atoms with Crippen LogP contribution >= 0.6 is 11.8 Å². The fraction of sp³-hybridized carbons (Fsp3) is 0.294. The Labute approximate surface area is 139 Å². The number of hydrogen-bond donors (Lipinski definition) is 1. The Balaban J connectivity index is 1.59. The van der Waals surface area contributed by atoms with Gasteiger partial charge in [-0.2, -0.15) is 0 Å². The van der Waals surface area contributed by atoms with Gasteiger partial charge >= 0.3 is 0 Å². The molecule has 2 amide bonds. The Kier molecular flexibility index (Phi) is 4.71. The molecule has 0 unspecified atom stereocenters. The van der Waals surface area contributed by atoms with Crippen LogP contribution in [0.4, 0.5) is 0 Å². The molecule has 3 rings (SSSR count). The van der Waals surface area contributed by atoms with Crippen LogP contribution in [-0.2, 0) is 0 Å². The zero-order chi connectivity index (χ0) is 16.2. The van der Waals surface area contributed by atoms with Gasteiger partial charge in [-0.15, -0.1) is 11.8 Å². The topological polar surface area (TPSA) is 56.4 Å². The van der Waals surface area contributed by atoms with E-state index in [1.807, 2.05) is 35.4 Å². The molecule has 6 heteroatoms. The quantitative estimate of drug-likeness (QED) is 0.880. The Hall–Kier alpha value is -2.21. The molecule has 1 aliphatic rings. The highest BCUT2D eigenvalue weighted by Crippen LogP contribution is 2.17. The summed E-state index contributed by atoms with van der Waals surface area (Å²) in [5, 5.41) is 0. The SMILES string of the molecule is CSc1ccc(C(=O)N2CCN(C(=O)c3cc[nH]c3)CC2)cc1. The van der Waals surface area contributed by atoms with Crippen molar-refractivity contribution in [1.29, 1.82) is 0 Å². The third-order valence-electron chi connectivity index (χ3n) is 4.04. The van der Waals surface area contributed by atoms with Crippen LogP contribution in [0, 0.1) is 0 Å². The van der Waals surface area contributed by atoms with Crippen LogP contribution in [0.25, 0.3) is 0 Å². The molecule has 120 valence electrons. The molecule has 1 aromatic carbocycles. The van der Waals surface area contributed by atoms with E-state index in [9.17, 15) is 9.59 Å². The molecule has 5 nitrogen and oxygen atoms in total. The molecule has 0 saturated carbocycles. The van der Waals surface area contributed by atoms with Crippen LogP contribution in [0.2, 0.25) is 0 Å². The maximum absolute atomic E-state index is 12.5. The van der Waals surface area contributed by atoms with Crippen molar-refractivity contribution in [1.82, 2.24) is 14.8 Å². The zero-order valence-corrected chi connectivity index (χ0v) is 13.8.